The summed E-state index contributed by atoms with van der Waals surface area (Å²) in [7, 11) is 1.57. The molecule has 3 aromatic rings. The molecule has 1 aromatic heterocycles. The van der Waals surface area contributed by atoms with Crippen LogP contribution in [0.4, 0.5) is 0 Å². The molecule has 0 saturated carbocycles. The van der Waals surface area contributed by atoms with Gasteiger partial charge in [0.1, 0.15) is 6.61 Å². The summed E-state index contributed by atoms with van der Waals surface area (Å²) in [6.07, 6.45) is 3.75. The number of benzene rings is 2. The fraction of sp³-hybridized carbons (Fsp3) is 0.240. The topological polar surface area (TPSA) is 86.8 Å². The molecule has 0 radical (unpaired) electrons. The van der Waals surface area contributed by atoms with Crippen molar-refractivity contribution in [1.29, 1.82) is 0 Å². The first kappa shape index (κ1) is 21.4. The van der Waals surface area contributed by atoms with Crippen LogP contribution in [0.25, 0.3) is 0 Å². The van der Waals surface area contributed by atoms with Crippen molar-refractivity contribution in [3.8, 4) is 11.5 Å². The van der Waals surface area contributed by atoms with Crippen molar-refractivity contribution in [3.05, 3.63) is 89.2 Å². The largest absolute Gasteiger partial charge is 0.493 e. The Morgan fingerprint density at radius 1 is 1.09 bits per heavy atom. The molecule has 0 bridgehead atoms. The lowest BCUT2D eigenvalue weighted by molar-refractivity contribution is -0.139. The Labute approximate surface area is 186 Å². The van der Waals surface area contributed by atoms with Crippen molar-refractivity contribution in [2.75, 3.05) is 7.11 Å². The Balaban J connectivity index is 1.40. The Morgan fingerprint density at radius 3 is 2.66 bits per heavy atom. The van der Waals surface area contributed by atoms with Crippen LogP contribution < -0.4 is 14.8 Å². The lowest BCUT2D eigenvalue weighted by Crippen LogP contribution is -2.51. The van der Waals surface area contributed by atoms with E-state index in [9.17, 15) is 9.59 Å². The first-order chi connectivity index (χ1) is 15.5. The molecule has 0 saturated heterocycles. The maximum atomic E-state index is 12.9. The summed E-state index contributed by atoms with van der Waals surface area (Å²) in [5.41, 5.74) is 1.87. The van der Waals surface area contributed by atoms with E-state index in [1.807, 2.05) is 36.4 Å². The second kappa shape index (κ2) is 9.09. The first-order valence-electron chi connectivity index (χ1n) is 10.3. The number of methoxy groups -OCH3 is 1. The molecule has 2 aromatic carbocycles. The monoisotopic (exact) mass is 432 g/mol. The molecule has 1 amide bonds. The van der Waals surface area contributed by atoms with Crippen LogP contribution in [0.15, 0.2) is 67.0 Å². The van der Waals surface area contributed by atoms with Gasteiger partial charge in [0, 0.05) is 25.4 Å². The summed E-state index contributed by atoms with van der Waals surface area (Å²) in [6, 6.07) is 16.4. The highest BCUT2D eigenvalue weighted by molar-refractivity contribution is 5.97. The van der Waals surface area contributed by atoms with Crippen molar-refractivity contribution in [3.63, 3.8) is 0 Å². The molecule has 0 fully saturated rings. The van der Waals surface area contributed by atoms with Gasteiger partial charge >= 0.3 is 5.97 Å². The smallest absolute Gasteiger partial charge is 0.339 e. The van der Waals surface area contributed by atoms with Crippen LogP contribution in [0.1, 0.15) is 34.0 Å². The number of aromatic nitrogens is 1. The molecule has 1 N–H and O–H groups in total. The molecule has 0 aliphatic carbocycles. The summed E-state index contributed by atoms with van der Waals surface area (Å²) in [4.78, 5) is 29.2. The Hall–Kier alpha value is -3.87. The van der Waals surface area contributed by atoms with Crippen molar-refractivity contribution >= 4 is 11.9 Å². The van der Waals surface area contributed by atoms with Crippen LogP contribution in [0.5, 0.6) is 11.5 Å². The van der Waals surface area contributed by atoms with Gasteiger partial charge in [-0.2, -0.15) is 0 Å². The average Bonchev–Trinajstić information content (AvgIpc) is 2.82. The molecule has 7 nitrogen and oxygen atoms in total. The minimum atomic E-state index is -1.26. The third-order valence-electron chi connectivity index (χ3n) is 5.39. The first-order valence-corrected chi connectivity index (χ1v) is 10.3. The molecule has 7 heteroatoms. The summed E-state index contributed by atoms with van der Waals surface area (Å²) in [6.45, 7) is 2.28. The van der Waals surface area contributed by atoms with E-state index in [0.717, 1.165) is 16.7 Å². The molecular formula is C25H24N2O5. The number of carbonyl (C=O) groups excluding carboxylic acids is 2. The standard InChI is InChI=1S/C25H24N2O5/c1-25(14-19-5-3-4-6-20(19)23(28)32-25)24(29)27-15-18-7-8-21(22(13-18)30-2)31-16-17-9-11-26-12-10-17/h3-13H,14-16H2,1-2H3,(H,27,29). The second-order valence-corrected chi connectivity index (χ2v) is 7.77. The zero-order valence-electron chi connectivity index (χ0n) is 18.0. The fourth-order valence-electron chi connectivity index (χ4n) is 3.61. The van der Waals surface area contributed by atoms with E-state index in [4.69, 9.17) is 14.2 Å². The van der Waals surface area contributed by atoms with E-state index in [2.05, 4.69) is 10.3 Å². The van der Waals surface area contributed by atoms with E-state index in [1.165, 1.54) is 0 Å². The number of hydrogen-bond donors (Lipinski definition) is 1. The van der Waals surface area contributed by atoms with Gasteiger partial charge in [-0.3, -0.25) is 9.78 Å². The van der Waals surface area contributed by atoms with Gasteiger partial charge in [0.2, 0.25) is 0 Å². The van der Waals surface area contributed by atoms with Gasteiger partial charge in [0.25, 0.3) is 5.91 Å². The Morgan fingerprint density at radius 2 is 1.88 bits per heavy atom. The van der Waals surface area contributed by atoms with Gasteiger partial charge in [-0.25, -0.2) is 4.79 Å². The number of carbonyl (C=O) groups is 2. The fourth-order valence-corrected chi connectivity index (χ4v) is 3.61. The average molecular weight is 432 g/mol. The molecule has 1 unspecified atom stereocenters. The molecule has 1 atom stereocenters. The molecule has 4 rings (SSSR count). The zero-order chi connectivity index (χ0) is 22.6. The van der Waals surface area contributed by atoms with Crippen molar-refractivity contribution in [1.82, 2.24) is 10.3 Å². The van der Waals surface area contributed by atoms with E-state index in [0.29, 0.717) is 30.1 Å². The van der Waals surface area contributed by atoms with Crippen LogP contribution >= 0.6 is 0 Å². The van der Waals surface area contributed by atoms with Crippen LogP contribution in [0.3, 0.4) is 0 Å². The van der Waals surface area contributed by atoms with Gasteiger partial charge in [-0.05, 0) is 53.9 Å². The van der Waals surface area contributed by atoms with Crippen LogP contribution in [-0.4, -0.2) is 29.6 Å². The Bertz CT molecular complexity index is 1130. The number of esters is 1. The van der Waals surface area contributed by atoms with Crippen LogP contribution in [-0.2, 0) is 29.1 Å². The van der Waals surface area contributed by atoms with Gasteiger partial charge in [0.15, 0.2) is 17.1 Å². The summed E-state index contributed by atoms with van der Waals surface area (Å²) >= 11 is 0. The molecule has 32 heavy (non-hydrogen) atoms. The predicted molar refractivity (Wildman–Crippen MR) is 117 cm³/mol. The lowest BCUT2D eigenvalue weighted by Gasteiger charge is -2.33. The summed E-state index contributed by atoms with van der Waals surface area (Å²) in [5.74, 6) is 0.332. The highest BCUT2D eigenvalue weighted by Gasteiger charge is 2.42. The SMILES string of the molecule is COc1cc(CNC(=O)C2(C)Cc3ccccc3C(=O)O2)ccc1OCc1ccncc1. The molecule has 0 spiro atoms. The third-order valence-corrected chi connectivity index (χ3v) is 5.39. The number of amides is 1. The van der Waals surface area contributed by atoms with Gasteiger partial charge in [0.05, 0.1) is 12.7 Å². The number of hydrogen-bond acceptors (Lipinski definition) is 6. The van der Waals surface area contributed by atoms with Crippen LogP contribution in [0, 0.1) is 0 Å². The second-order valence-electron chi connectivity index (χ2n) is 7.77. The van der Waals surface area contributed by atoms with Crippen LogP contribution in [0.2, 0.25) is 0 Å². The normalized spacial score (nSPS) is 17.1. The summed E-state index contributed by atoms with van der Waals surface area (Å²) < 4.78 is 16.8. The highest BCUT2D eigenvalue weighted by atomic mass is 16.6. The van der Waals surface area contributed by atoms with E-state index < -0.39 is 11.6 Å². The predicted octanol–water partition coefficient (Wildman–Crippen LogP) is 3.46. The minimum absolute atomic E-state index is 0.259. The number of pyridine rings is 1. The number of nitrogens with zero attached hydrogens (tertiary/aromatic N) is 1. The molecular weight excluding hydrogens is 408 g/mol. The quantitative estimate of drug-likeness (QED) is 0.576. The number of ether oxygens (including phenoxy) is 3. The summed E-state index contributed by atoms with van der Waals surface area (Å²) in [5, 5.41) is 2.87. The highest BCUT2D eigenvalue weighted by Crippen LogP contribution is 2.30. The van der Waals surface area contributed by atoms with Gasteiger partial charge in [-0.1, -0.05) is 24.3 Å². The Kier molecular flexibility index (Phi) is 6.07. The van der Waals surface area contributed by atoms with Crippen molar-refractivity contribution < 1.29 is 23.8 Å². The molecule has 1 aliphatic rings. The maximum Gasteiger partial charge on any atom is 0.339 e. The van der Waals surface area contributed by atoms with Gasteiger partial charge < -0.3 is 19.5 Å². The third kappa shape index (κ3) is 4.56. The number of nitrogens with one attached hydrogen (secondary N) is 1. The number of fused-ring (bicyclic) bond motifs is 1. The van der Waals surface area contributed by atoms with E-state index in [1.54, 1.807) is 44.6 Å². The number of cyclic esters (lactones) is 1. The minimum Gasteiger partial charge on any atom is -0.493 e. The number of rotatable bonds is 7. The van der Waals surface area contributed by atoms with Crippen molar-refractivity contribution in [2.45, 2.75) is 32.1 Å². The lowest BCUT2D eigenvalue weighted by atomic mass is 9.89. The molecule has 2 heterocycles. The van der Waals surface area contributed by atoms with E-state index in [-0.39, 0.29) is 12.5 Å². The van der Waals surface area contributed by atoms with E-state index >= 15 is 0 Å². The maximum absolute atomic E-state index is 12.9. The molecule has 1 aliphatic heterocycles. The van der Waals surface area contributed by atoms with Crippen molar-refractivity contribution in [2.24, 2.45) is 0 Å². The van der Waals surface area contributed by atoms with Gasteiger partial charge in [-0.15, -0.1) is 0 Å². The zero-order valence-corrected chi connectivity index (χ0v) is 18.0. The molecule has 164 valence electrons.